The van der Waals surface area contributed by atoms with Gasteiger partial charge in [-0.25, -0.2) is 55.8 Å². The zero-order chi connectivity index (χ0) is 51.3. The fourth-order valence-corrected chi connectivity index (χ4v) is 8.66. The number of aryl methyl sites for hydroxylation is 1. The third kappa shape index (κ3) is 12.6. The average Bonchev–Trinajstić information content (AvgIpc) is 4.14. The zero-order valence-electron chi connectivity index (χ0n) is 39.5. The minimum Gasteiger partial charge on any atom is -0.363 e. The number of hydrazine groups is 1. The lowest BCUT2D eigenvalue weighted by Crippen LogP contribution is -2.56. The van der Waals surface area contributed by atoms with Crippen LogP contribution in [0.4, 0.5) is 32.2 Å². The number of nitrogens with two attached hydrogens (primary N) is 1. The first-order chi connectivity index (χ1) is 34.3. The predicted octanol–water partition coefficient (Wildman–Crippen LogP) is 2.49. The highest BCUT2D eigenvalue weighted by molar-refractivity contribution is 5.95. The summed E-state index contributed by atoms with van der Waals surface area (Å²) in [4.78, 5) is 62.6. The van der Waals surface area contributed by atoms with Crippen LogP contribution in [0.3, 0.4) is 0 Å². The quantitative estimate of drug-likeness (QED) is 0.145. The standard InChI is InChI=1S/C23H27F3N8O2.C13H18F2N4O.C10H9FN4O/c1-31-19-10-16(6-8-32-12-23(25,26)13-32)29-34(19)9-7-18(22(31)36)28-21(35)20-27-14-33(30-20)11-15-4-2-3-5-17(15)24;1-17-11-7-10(4-6-18-8-13(14,15)9-18)16-19(11)5-2-3-12(17)20;11-8-4-2-1-3-7(8)5-15-6-13-10(14-15)9(12)16/h2-5,10,14,16,18,29H,6-9,11-13H2,1H3,(H,28,35);7H,2-6,8-9H2,1H3;1-4,6H,5H2,(H2,12,16). The number of carbonyl (C=O) groups is 4. The van der Waals surface area contributed by atoms with E-state index in [0.29, 0.717) is 62.3 Å². The number of aromatic nitrogens is 8. The fourth-order valence-electron chi connectivity index (χ4n) is 8.66. The molecule has 10 rings (SSSR count). The Morgan fingerprint density at radius 2 is 1.38 bits per heavy atom. The monoisotopic (exact) mass is 1010 g/mol. The molecule has 3 saturated heterocycles. The molecule has 5 aromatic rings. The van der Waals surface area contributed by atoms with Gasteiger partial charge in [-0.3, -0.25) is 38.9 Å². The predicted molar refractivity (Wildman–Crippen MR) is 246 cm³/mol. The van der Waals surface area contributed by atoms with Crippen molar-refractivity contribution in [3.05, 3.63) is 119 Å². The van der Waals surface area contributed by atoms with Crippen molar-refractivity contribution in [3.63, 3.8) is 0 Å². The third-order valence-corrected chi connectivity index (χ3v) is 12.5. The number of alkyl halides is 4. The summed E-state index contributed by atoms with van der Waals surface area (Å²) in [6.07, 6.45) is 7.54. The molecule has 2 unspecified atom stereocenters. The van der Waals surface area contributed by atoms with Crippen molar-refractivity contribution in [2.24, 2.45) is 5.73 Å². The lowest BCUT2D eigenvalue weighted by Gasteiger charge is -2.39. The van der Waals surface area contributed by atoms with Crippen molar-refractivity contribution < 1.29 is 45.5 Å². The molecule has 0 aliphatic carbocycles. The van der Waals surface area contributed by atoms with E-state index in [1.807, 2.05) is 21.8 Å². The number of rotatable bonds is 13. The molecule has 0 bridgehead atoms. The Bertz CT molecular complexity index is 2780. The highest BCUT2D eigenvalue weighted by atomic mass is 19.3. The number of benzene rings is 2. The number of hydrogen-bond acceptors (Lipinski definition) is 13. The summed E-state index contributed by atoms with van der Waals surface area (Å²) in [6.45, 7) is 1.92. The number of halogens is 6. The number of carbonyl (C=O) groups excluding carboxylic acids is 4. The molecule has 26 heteroatoms. The van der Waals surface area contributed by atoms with Gasteiger partial charge < -0.3 is 16.0 Å². The van der Waals surface area contributed by atoms with Crippen LogP contribution in [0.5, 0.6) is 0 Å². The van der Waals surface area contributed by atoms with Crippen LogP contribution in [-0.4, -0.2) is 166 Å². The molecule has 3 fully saturated rings. The van der Waals surface area contributed by atoms with E-state index < -0.39 is 29.7 Å². The maximum absolute atomic E-state index is 13.9. The number of nitrogens with zero attached hydrogens (tertiary/aromatic N) is 13. The lowest BCUT2D eigenvalue weighted by molar-refractivity contribution is -0.131. The molecule has 0 radical (unpaired) electrons. The normalized spacial score (nSPS) is 20.3. The Morgan fingerprint density at radius 1 is 0.792 bits per heavy atom. The first-order valence-electron chi connectivity index (χ1n) is 23.2. The second kappa shape index (κ2) is 21.7. The summed E-state index contributed by atoms with van der Waals surface area (Å²) in [5, 5.41) is 17.0. The van der Waals surface area contributed by atoms with Gasteiger partial charge in [-0.15, -0.1) is 10.2 Å². The maximum Gasteiger partial charge on any atom is 0.291 e. The summed E-state index contributed by atoms with van der Waals surface area (Å²) in [5.74, 6) is -6.00. The topological polar surface area (TPSA) is 214 Å². The van der Waals surface area contributed by atoms with Crippen molar-refractivity contribution in [1.29, 1.82) is 0 Å². The SMILES string of the molecule is CN1C(=O)C(NC(=O)c2ncn(Cc3ccccc3F)n2)CCN2NC(CCN3CC(F)(F)C3)C=C21.CN1C(=O)CCCn2nc(CCN3CC(F)(F)C3)cc21.NC(=O)c1ncn(Cc2ccccc2F)n1. The molecule has 3 aromatic heterocycles. The maximum atomic E-state index is 13.9. The van der Waals surface area contributed by atoms with Gasteiger partial charge in [0.2, 0.25) is 17.6 Å². The molecule has 384 valence electrons. The summed E-state index contributed by atoms with van der Waals surface area (Å²) in [7, 11) is 3.38. The van der Waals surface area contributed by atoms with Crippen LogP contribution >= 0.6 is 0 Å². The molecule has 0 saturated carbocycles. The van der Waals surface area contributed by atoms with E-state index in [2.05, 4.69) is 36.0 Å². The second-order valence-electron chi connectivity index (χ2n) is 18.1. The molecule has 2 aromatic carbocycles. The molecule has 20 nitrogen and oxygen atoms in total. The molecule has 5 aliphatic rings. The van der Waals surface area contributed by atoms with E-state index in [4.69, 9.17) is 5.73 Å². The van der Waals surface area contributed by atoms with Crippen LogP contribution in [0.1, 0.15) is 63.7 Å². The zero-order valence-corrected chi connectivity index (χ0v) is 39.5. The average molecular weight is 1010 g/mol. The van der Waals surface area contributed by atoms with Crippen molar-refractivity contribution in [2.75, 3.05) is 64.8 Å². The van der Waals surface area contributed by atoms with Crippen LogP contribution in [0.25, 0.3) is 0 Å². The number of likely N-dealkylation sites (N-methyl/N-ethyl adjacent to an activating group) is 1. The molecule has 4 amide bonds. The first kappa shape index (κ1) is 51.2. The Balaban J connectivity index is 0.000000161. The Kier molecular flexibility index (Phi) is 15.4. The van der Waals surface area contributed by atoms with E-state index in [9.17, 15) is 45.5 Å². The highest BCUT2D eigenvalue weighted by Gasteiger charge is 2.45. The van der Waals surface area contributed by atoms with E-state index in [1.165, 1.54) is 39.1 Å². The molecule has 8 heterocycles. The van der Waals surface area contributed by atoms with Gasteiger partial charge in [-0.05, 0) is 37.5 Å². The van der Waals surface area contributed by atoms with Gasteiger partial charge in [-0.1, -0.05) is 36.4 Å². The number of anilines is 1. The Morgan fingerprint density at radius 3 is 1.96 bits per heavy atom. The smallest absolute Gasteiger partial charge is 0.291 e. The third-order valence-electron chi connectivity index (χ3n) is 12.5. The number of fused-ring (bicyclic) bond motifs is 2. The molecule has 4 N–H and O–H groups in total. The minimum absolute atomic E-state index is 0.0711. The number of primary amides is 1. The second-order valence-corrected chi connectivity index (χ2v) is 18.1. The first-order valence-corrected chi connectivity index (χ1v) is 23.2. The van der Waals surface area contributed by atoms with Gasteiger partial charge in [0.15, 0.2) is 0 Å². The number of nitrogens with one attached hydrogen (secondary N) is 2. The summed E-state index contributed by atoms with van der Waals surface area (Å²) in [5.41, 5.74) is 10.1. The summed E-state index contributed by atoms with van der Waals surface area (Å²) >= 11 is 0. The van der Waals surface area contributed by atoms with Crippen LogP contribution in [0.15, 0.2) is 79.1 Å². The Labute approximate surface area is 409 Å². The molecule has 2 atom stereocenters. The van der Waals surface area contributed by atoms with Gasteiger partial charge in [0.05, 0.1) is 45.0 Å². The van der Waals surface area contributed by atoms with E-state index in [1.54, 1.807) is 65.2 Å². The minimum atomic E-state index is -2.59. The number of hydrogen-bond donors (Lipinski definition) is 3. The summed E-state index contributed by atoms with van der Waals surface area (Å²) < 4.78 is 83.3. The molecular formula is C46H54F6N16O4. The van der Waals surface area contributed by atoms with Gasteiger partial charge in [-0.2, -0.15) is 5.10 Å². The van der Waals surface area contributed by atoms with Crippen molar-refractivity contribution in [2.45, 2.75) is 75.7 Å². The largest absolute Gasteiger partial charge is 0.363 e. The number of amides is 4. The molecule has 5 aliphatic heterocycles. The van der Waals surface area contributed by atoms with E-state index >= 15 is 0 Å². The van der Waals surface area contributed by atoms with Crippen molar-refractivity contribution >= 4 is 29.4 Å². The van der Waals surface area contributed by atoms with Crippen LogP contribution in [0, 0.1) is 11.6 Å². The van der Waals surface area contributed by atoms with Crippen LogP contribution in [-0.2, 0) is 35.6 Å². The highest BCUT2D eigenvalue weighted by Crippen LogP contribution is 2.29. The van der Waals surface area contributed by atoms with Gasteiger partial charge in [0.25, 0.3) is 29.6 Å². The fraction of sp³-hybridized carbons (Fsp3) is 0.457. The van der Waals surface area contributed by atoms with E-state index in [0.717, 1.165) is 24.5 Å². The van der Waals surface area contributed by atoms with Gasteiger partial charge in [0, 0.05) is 76.4 Å². The van der Waals surface area contributed by atoms with Gasteiger partial charge >= 0.3 is 0 Å². The van der Waals surface area contributed by atoms with Gasteiger partial charge in [0.1, 0.15) is 42.0 Å². The summed E-state index contributed by atoms with van der Waals surface area (Å²) in [6, 6.07) is 13.6. The van der Waals surface area contributed by atoms with Crippen LogP contribution < -0.4 is 21.4 Å². The molecule has 72 heavy (non-hydrogen) atoms. The lowest BCUT2D eigenvalue weighted by atomic mass is 10.1. The van der Waals surface area contributed by atoms with Crippen molar-refractivity contribution in [1.82, 2.24) is 69.8 Å². The molecular weight excluding hydrogens is 955 g/mol. The van der Waals surface area contributed by atoms with E-state index in [-0.39, 0.29) is 80.4 Å². The number of likely N-dealkylation sites (tertiary alicyclic amines) is 2. The van der Waals surface area contributed by atoms with Crippen molar-refractivity contribution in [3.8, 4) is 0 Å². The molecule has 0 spiro atoms. The van der Waals surface area contributed by atoms with Crippen LogP contribution in [0.2, 0.25) is 0 Å². The Hall–Kier alpha value is -7.19.